The van der Waals surface area contributed by atoms with Crippen LogP contribution in [0.4, 0.5) is 13.2 Å². The Labute approximate surface area is 182 Å². The predicted molar refractivity (Wildman–Crippen MR) is 108 cm³/mol. The third-order valence-corrected chi connectivity index (χ3v) is 4.60. The fourth-order valence-electron chi connectivity index (χ4n) is 2.85. The van der Waals surface area contributed by atoms with E-state index in [0.717, 1.165) is 5.56 Å². The van der Waals surface area contributed by atoms with Crippen molar-refractivity contribution in [2.45, 2.75) is 33.4 Å². The van der Waals surface area contributed by atoms with E-state index in [1.54, 1.807) is 12.3 Å². The minimum absolute atomic E-state index is 0.0236. The average molecular weight is 449 g/mol. The third-order valence-electron chi connectivity index (χ3n) is 4.60. The predicted octanol–water partition coefficient (Wildman–Crippen LogP) is 4.22. The number of rotatable bonds is 7. The number of aryl methyl sites for hydroxylation is 1. The van der Waals surface area contributed by atoms with Gasteiger partial charge >= 0.3 is 12.1 Å². The van der Waals surface area contributed by atoms with Gasteiger partial charge in [0.05, 0.1) is 44.4 Å². The molecule has 0 saturated heterocycles. The van der Waals surface area contributed by atoms with Crippen molar-refractivity contribution in [2.24, 2.45) is 5.41 Å². The Balaban J connectivity index is 1.71. The number of hydrogen-bond donors (Lipinski definition) is 1. The molecule has 0 radical (unpaired) electrons. The highest BCUT2D eigenvalue weighted by molar-refractivity contribution is 5.70. The third kappa shape index (κ3) is 5.59. The molecule has 170 valence electrons. The van der Waals surface area contributed by atoms with E-state index in [1.807, 2.05) is 20.8 Å². The van der Waals surface area contributed by atoms with Gasteiger partial charge in [-0.2, -0.15) is 13.2 Å². The van der Waals surface area contributed by atoms with Gasteiger partial charge in [-0.15, -0.1) is 0 Å². The van der Waals surface area contributed by atoms with Crippen molar-refractivity contribution in [1.82, 2.24) is 24.9 Å². The highest BCUT2D eigenvalue weighted by Crippen LogP contribution is 2.30. The summed E-state index contributed by atoms with van der Waals surface area (Å²) in [6.07, 6.45) is 0.769. The van der Waals surface area contributed by atoms with E-state index in [-0.39, 0.29) is 30.5 Å². The molecule has 0 saturated carbocycles. The Morgan fingerprint density at radius 2 is 1.72 bits per heavy atom. The first-order chi connectivity index (χ1) is 15.0. The van der Waals surface area contributed by atoms with E-state index in [9.17, 15) is 18.0 Å². The van der Waals surface area contributed by atoms with Gasteiger partial charge in [0, 0.05) is 23.2 Å². The Morgan fingerprint density at radius 3 is 2.28 bits per heavy atom. The van der Waals surface area contributed by atoms with Crippen molar-refractivity contribution in [3.63, 3.8) is 0 Å². The largest absolute Gasteiger partial charge is 0.477 e. The molecule has 8 nitrogen and oxygen atoms in total. The van der Waals surface area contributed by atoms with Gasteiger partial charge in [-0.05, 0) is 12.5 Å². The maximum atomic E-state index is 12.7. The zero-order valence-corrected chi connectivity index (χ0v) is 17.9. The lowest BCUT2D eigenvalue weighted by molar-refractivity contribution is -0.143. The molecular weight excluding hydrogens is 427 g/mol. The number of methoxy groups -OCH3 is 1. The molecule has 0 spiro atoms. The number of carbonyl (C=O) groups excluding carboxylic acids is 1. The summed E-state index contributed by atoms with van der Waals surface area (Å²) in [5.41, 5.74) is 0.812. The molecule has 3 aromatic rings. The van der Waals surface area contributed by atoms with Crippen molar-refractivity contribution < 1.29 is 27.4 Å². The summed E-state index contributed by atoms with van der Waals surface area (Å²) in [5, 5.41) is 0. The molecule has 0 amide bonds. The van der Waals surface area contributed by atoms with Crippen molar-refractivity contribution >= 4 is 5.97 Å². The number of pyridine rings is 1. The van der Waals surface area contributed by atoms with Crippen molar-refractivity contribution in [1.29, 1.82) is 0 Å². The molecule has 11 heteroatoms. The Kier molecular flexibility index (Phi) is 6.47. The SMILES string of the molecule is COC(=O)CC(C)(C)COc1cc(C)c(-c2cnc(-c3ncc(C(F)(F)F)[nH]3)cn2)cn1. The smallest absolute Gasteiger partial charge is 0.432 e. The number of imidazole rings is 1. The van der Waals surface area contributed by atoms with Gasteiger partial charge in [-0.1, -0.05) is 13.8 Å². The fraction of sp³-hybridized carbons (Fsp3) is 0.381. The molecule has 0 aromatic carbocycles. The summed E-state index contributed by atoms with van der Waals surface area (Å²) in [6, 6.07) is 1.74. The minimum atomic E-state index is -4.51. The van der Waals surface area contributed by atoms with Crippen LogP contribution < -0.4 is 4.74 Å². The van der Waals surface area contributed by atoms with Crippen LogP contribution in [-0.2, 0) is 15.7 Å². The molecule has 3 rings (SSSR count). The second kappa shape index (κ2) is 8.93. The molecule has 0 aliphatic rings. The van der Waals surface area contributed by atoms with E-state index in [4.69, 9.17) is 9.47 Å². The molecule has 32 heavy (non-hydrogen) atoms. The molecule has 1 N–H and O–H groups in total. The lowest BCUT2D eigenvalue weighted by Gasteiger charge is -2.23. The molecule has 3 aromatic heterocycles. The number of ether oxygens (including phenoxy) is 2. The maximum absolute atomic E-state index is 12.7. The second-order valence-corrected chi connectivity index (χ2v) is 7.97. The lowest BCUT2D eigenvalue weighted by atomic mass is 9.90. The van der Waals surface area contributed by atoms with Crippen LogP contribution in [0.25, 0.3) is 22.8 Å². The number of H-pyrrole nitrogens is 1. The molecule has 0 bridgehead atoms. The van der Waals surface area contributed by atoms with Gasteiger partial charge < -0.3 is 14.5 Å². The van der Waals surface area contributed by atoms with Crippen LogP contribution in [0.2, 0.25) is 0 Å². The standard InChI is InChI=1S/C21H22F3N5O3/c1-12-5-17(32-11-20(2,3)6-18(30)31-4)27-7-13(12)14-8-26-15(9-25-14)19-28-10-16(29-19)21(22,23)24/h5,7-10H,6,11H2,1-4H3,(H,28,29). The number of nitrogens with one attached hydrogen (secondary N) is 1. The summed E-state index contributed by atoms with van der Waals surface area (Å²) in [5.74, 6) is 0.0536. The van der Waals surface area contributed by atoms with E-state index >= 15 is 0 Å². The number of halogens is 3. The van der Waals surface area contributed by atoms with E-state index in [2.05, 4.69) is 24.9 Å². The summed E-state index contributed by atoms with van der Waals surface area (Å²) in [4.78, 5) is 30.1. The Morgan fingerprint density at radius 1 is 1.03 bits per heavy atom. The van der Waals surface area contributed by atoms with E-state index in [1.165, 1.54) is 19.5 Å². The van der Waals surface area contributed by atoms with Gasteiger partial charge in [-0.25, -0.2) is 15.0 Å². The van der Waals surface area contributed by atoms with Gasteiger partial charge in [0.25, 0.3) is 0 Å². The quantitative estimate of drug-likeness (QED) is 0.539. The number of esters is 1. The summed E-state index contributed by atoms with van der Waals surface area (Å²) in [6.45, 7) is 5.89. The molecular formula is C21H22F3N5O3. The number of aromatic nitrogens is 5. The Bertz CT molecular complexity index is 1090. The van der Waals surface area contributed by atoms with Gasteiger partial charge in [0.1, 0.15) is 11.4 Å². The number of nitrogens with zero attached hydrogens (tertiary/aromatic N) is 4. The molecule has 0 fully saturated rings. The minimum Gasteiger partial charge on any atom is -0.477 e. The first kappa shape index (κ1) is 23.2. The van der Waals surface area contributed by atoms with Crippen LogP contribution in [0.1, 0.15) is 31.5 Å². The fourth-order valence-corrected chi connectivity index (χ4v) is 2.85. The van der Waals surface area contributed by atoms with Crippen LogP contribution in [0, 0.1) is 12.3 Å². The number of hydrogen-bond acceptors (Lipinski definition) is 7. The van der Waals surface area contributed by atoms with Crippen molar-refractivity contribution in [3.05, 3.63) is 42.1 Å². The van der Waals surface area contributed by atoms with Gasteiger partial charge in [0.15, 0.2) is 5.82 Å². The maximum Gasteiger partial charge on any atom is 0.432 e. The molecule has 0 atom stereocenters. The molecule has 3 heterocycles. The number of aromatic amines is 1. The van der Waals surface area contributed by atoms with Gasteiger partial charge in [-0.3, -0.25) is 9.78 Å². The monoisotopic (exact) mass is 449 g/mol. The van der Waals surface area contributed by atoms with Crippen LogP contribution >= 0.6 is 0 Å². The van der Waals surface area contributed by atoms with Crippen LogP contribution in [0.5, 0.6) is 5.88 Å². The van der Waals surface area contributed by atoms with Crippen LogP contribution in [0.15, 0.2) is 30.9 Å². The van der Waals surface area contributed by atoms with Crippen LogP contribution in [-0.4, -0.2) is 44.6 Å². The molecule has 0 aliphatic carbocycles. The zero-order valence-electron chi connectivity index (χ0n) is 17.9. The second-order valence-electron chi connectivity index (χ2n) is 7.97. The number of alkyl halides is 3. The highest BCUT2D eigenvalue weighted by atomic mass is 19.4. The van der Waals surface area contributed by atoms with Crippen molar-refractivity contribution in [2.75, 3.05) is 13.7 Å². The number of carbonyl (C=O) groups is 1. The molecule has 0 aliphatic heterocycles. The zero-order chi connectivity index (χ0) is 23.5. The topological polar surface area (TPSA) is 103 Å². The van der Waals surface area contributed by atoms with E-state index < -0.39 is 17.3 Å². The normalized spacial score (nSPS) is 12.0. The van der Waals surface area contributed by atoms with Crippen LogP contribution in [0.3, 0.4) is 0 Å². The average Bonchev–Trinajstić information content (AvgIpc) is 3.23. The van der Waals surface area contributed by atoms with Gasteiger partial charge in [0.2, 0.25) is 5.88 Å². The first-order valence-corrected chi connectivity index (χ1v) is 9.60. The van der Waals surface area contributed by atoms with E-state index in [0.29, 0.717) is 23.3 Å². The summed E-state index contributed by atoms with van der Waals surface area (Å²) in [7, 11) is 1.34. The Hall–Kier alpha value is -3.50. The highest BCUT2D eigenvalue weighted by Gasteiger charge is 2.33. The van der Waals surface area contributed by atoms with Crippen molar-refractivity contribution in [3.8, 4) is 28.7 Å². The first-order valence-electron chi connectivity index (χ1n) is 9.60. The molecule has 0 unspecified atom stereocenters. The lowest BCUT2D eigenvalue weighted by Crippen LogP contribution is -2.25. The summed E-state index contributed by atoms with van der Waals surface area (Å²) >= 11 is 0. The summed E-state index contributed by atoms with van der Waals surface area (Å²) < 4.78 is 48.6.